The van der Waals surface area contributed by atoms with Crippen LogP contribution >= 0.6 is 0 Å². The number of carbonyl (C=O) groups is 2. The molecule has 0 radical (unpaired) electrons. The first-order valence-corrected chi connectivity index (χ1v) is 6.22. The van der Waals surface area contributed by atoms with Crippen LogP contribution < -0.4 is 10.6 Å². The quantitative estimate of drug-likeness (QED) is 0.767. The van der Waals surface area contributed by atoms with E-state index >= 15 is 0 Å². The van der Waals surface area contributed by atoms with Crippen LogP contribution in [0.15, 0.2) is 24.3 Å². The molecular formula is C14H20N2O3. The summed E-state index contributed by atoms with van der Waals surface area (Å²) in [6.07, 6.45) is 0. The van der Waals surface area contributed by atoms with E-state index in [0.717, 1.165) is 0 Å². The Bertz CT molecular complexity index is 444. The summed E-state index contributed by atoms with van der Waals surface area (Å²) < 4.78 is 4.68. The van der Waals surface area contributed by atoms with Gasteiger partial charge in [0.05, 0.1) is 19.2 Å². The number of nitrogens with one attached hydrogen (secondary N) is 2. The number of carbonyl (C=O) groups excluding carboxylic acids is 2. The summed E-state index contributed by atoms with van der Waals surface area (Å²) in [5.74, 6) is -0.120. The van der Waals surface area contributed by atoms with Crippen molar-refractivity contribution in [3.8, 4) is 0 Å². The third-order valence-electron chi connectivity index (χ3n) is 2.48. The van der Waals surface area contributed by atoms with E-state index in [4.69, 9.17) is 0 Å². The van der Waals surface area contributed by atoms with Gasteiger partial charge in [-0.2, -0.15) is 0 Å². The van der Waals surface area contributed by atoms with E-state index in [1.54, 1.807) is 24.3 Å². The lowest BCUT2D eigenvalue weighted by Gasteiger charge is -2.11. The van der Waals surface area contributed by atoms with Gasteiger partial charge < -0.3 is 15.4 Å². The monoisotopic (exact) mass is 264 g/mol. The summed E-state index contributed by atoms with van der Waals surface area (Å²) in [5, 5.41) is 5.74. The van der Waals surface area contributed by atoms with Crippen LogP contribution in [-0.2, 0) is 9.53 Å². The van der Waals surface area contributed by atoms with Gasteiger partial charge in [0, 0.05) is 12.2 Å². The number of amides is 1. The molecule has 0 aliphatic rings. The molecule has 0 unspecified atom stereocenters. The van der Waals surface area contributed by atoms with E-state index in [-0.39, 0.29) is 12.5 Å². The molecule has 1 rings (SSSR count). The first-order valence-electron chi connectivity index (χ1n) is 6.22. The number of rotatable bonds is 6. The van der Waals surface area contributed by atoms with Crippen molar-refractivity contribution in [2.45, 2.75) is 13.8 Å². The highest BCUT2D eigenvalue weighted by molar-refractivity contribution is 5.96. The van der Waals surface area contributed by atoms with Gasteiger partial charge in [-0.1, -0.05) is 26.0 Å². The largest absolute Gasteiger partial charge is 0.465 e. The lowest BCUT2D eigenvalue weighted by atomic mass is 10.2. The summed E-state index contributed by atoms with van der Waals surface area (Å²) in [6.45, 7) is 4.82. The van der Waals surface area contributed by atoms with Crippen molar-refractivity contribution in [3.63, 3.8) is 0 Å². The Hall–Kier alpha value is -2.04. The number of hydrogen-bond donors (Lipinski definition) is 2. The van der Waals surface area contributed by atoms with Gasteiger partial charge in [-0.3, -0.25) is 4.79 Å². The molecule has 0 aliphatic carbocycles. The number of benzene rings is 1. The van der Waals surface area contributed by atoms with Gasteiger partial charge >= 0.3 is 5.97 Å². The van der Waals surface area contributed by atoms with Crippen LogP contribution in [0.4, 0.5) is 5.69 Å². The van der Waals surface area contributed by atoms with Gasteiger partial charge in [-0.15, -0.1) is 0 Å². The van der Waals surface area contributed by atoms with E-state index < -0.39 is 5.97 Å². The Balaban J connectivity index is 2.58. The van der Waals surface area contributed by atoms with Crippen molar-refractivity contribution in [2.24, 2.45) is 5.92 Å². The molecule has 2 N–H and O–H groups in total. The average Bonchev–Trinajstić information content (AvgIpc) is 2.42. The molecule has 0 fully saturated rings. The molecule has 0 atom stereocenters. The van der Waals surface area contributed by atoms with Crippen molar-refractivity contribution in [3.05, 3.63) is 29.8 Å². The molecule has 1 aromatic carbocycles. The minimum atomic E-state index is -0.425. The Morgan fingerprint density at radius 3 is 2.58 bits per heavy atom. The first kappa shape index (κ1) is 15.0. The summed E-state index contributed by atoms with van der Waals surface area (Å²) in [7, 11) is 1.33. The predicted molar refractivity (Wildman–Crippen MR) is 74.1 cm³/mol. The van der Waals surface area contributed by atoms with Crippen LogP contribution in [0, 0.1) is 5.92 Å². The number of para-hydroxylation sites is 1. The van der Waals surface area contributed by atoms with Gasteiger partial charge in [0.15, 0.2) is 0 Å². The highest BCUT2D eigenvalue weighted by Crippen LogP contribution is 2.15. The SMILES string of the molecule is COC(=O)c1ccccc1NCC(=O)NCC(C)C. The fraction of sp³-hybridized carbons (Fsp3) is 0.429. The van der Waals surface area contributed by atoms with Gasteiger partial charge in [0.2, 0.25) is 5.91 Å². The molecule has 19 heavy (non-hydrogen) atoms. The molecule has 0 bridgehead atoms. The topological polar surface area (TPSA) is 67.4 Å². The van der Waals surface area contributed by atoms with E-state index in [2.05, 4.69) is 15.4 Å². The summed E-state index contributed by atoms with van der Waals surface area (Å²) in [5.41, 5.74) is 1.01. The zero-order valence-electron chi connectivity index (χ0n) is 11.5. The van der Waals surface area contributed by atoms with Crippen LogP contribution in [0.5, 0.6) is 0 Å². The fourth-order valence-electron chi connectivity index (χ4n) is 1.48. The standard InChI is InChI=1S/C14H20N2O3/c1-10(2)8-16-13(17)9-15-12-7-5-4-6-11(12)14(18)19-3/h4-7,10,15H,8-9H2,1-3H3,(H,16,17). The third-order valence-corrected chi connectivity index (χ3v) is 2.48. The van der Waals surface area contributed by atoms with Crippen LogP contribution in [-0.4, -0.2) is 32.1 Å². The summed E-state index contributed by atoms with van der Waals surface area (Å²) >= 11 is 0. The van der Waals surface area contributed by atoms with Crippen LogP contribution in [0.1, 0.15) is 24.2 Å². The Kier molecular flexibility index (Phi) is 5.85. The smallest absolute Gasteiger partial charge is 0.339 e. The molecule has 1 aromatic rings. The van der Waals surface area contributed by atoms with E-state index in [0.29, 0.717) is 23.7 Å². The maximum Gasteiger partial charge on any atom is 0.339 e. The maximum absolute atomic E-state index is 11.6. The van der Waals surface area contributed by atoms with E-state index in [1.807, 2.05) is 13.8 Å². The first-order chi connectivity index (χ1) is 9.04. The molecule has 0 aromatic heterocycles. The van der Waals surface area contributed by atoms with Gasteiger partial charge in [0.1, 0.15) is 0 Å². The highest BCUT2D eigenvalue weighted by atomic mass is 16.5. The molecule has 0 saturated heterocycles. The second kappa shape index (κ2) is 7.41. The van der Waals surface area contributed by atoms with Crippen LogP contribution in [0.25, 0.3) is 0 Å². The molecule has 0 saturated carbocycles. The minimum Gasteiger partial charge on any atom is -0.465 e. The minimum absolute atomic E-state index is 0.103. The Labute approximate surface area is 113 Å². The second-order valence-electron chi connectivity index (χ2n) is 4.59. The molecule has 1 amide bonds. The van der Waals surface area contributed by atoms with Crippen LogP contribution in [0.2, 0.25) is 0 Å². The Morgan fingerprint density at radius 1 is 1.26 bits per heavy atom. The van der Waals surface area contributed by atoms with Gasteiger partial charge in [0.25, 0.3) is 0 Å². The summed E-state index contributed by atoms with van der Waals surface area (Å²) in [6, 6.07) is 6.93. The maximum atomic E-state index is 11.6. The van der Waals surface area contributed by atoms with Crippen molar-refractivity contribution in [1.29, 1.82) is 0 Å². The number of hydrogen-bond acceptors (Lipinski definition) is 4. The molecule has 0 heterocycles. The molecule has 5 heteroatoms. The lowest BCUT2D eigenvalue weighted by molar-refractivity contribution is -0.119. The van der Waals surface area contributed by atoms with E-state index in [9.17, 15) is 9.59 Å². The molecule has 0 aliphatic heterocycles. The predicted octanol–water partition coefficient (Wildman–Crippen LogP) is 1.66. The zero-order valence-corrected chi connectivity index (χ0v) is 11.5. The number of methoxy groups -OCH3 is 1. The third kappa shape index (κ3) is 4.99. The van der Waals surface area contributed by atoms with Crippen molar-refractivity contribution >= 4 is 17.6 Å². The van der Waals surface area contributed by atoms with Crippen molar-refractivity contribution in [1.82, 2.24) is 5.32 Å². The highest BCUT2D eigenvalue weighted by Gasteiger charge is 2.11. The molecule has 5 nitrogen and oxygen atoms in total. The zero-order chi connectivity index (χ0) is 14.3. The van der Waals surface area contributed by atoms with Crippen molar-refractivity contribution in [2.75, 3.05) is 25.5 Å². The molecule has 0 spiro atoms. The van der Waals surface area contributed by atoms with Gasteiger partial charge in [-0.25, -0.2) is 4.79 Å². The lowest BCUT2D eigenvalue weighted by Crippen LogP contribution is -2.32. The second-order valence-corrected chi connectivity index (χ2v) is 4.59. The normalized spacial score (nSPS) is 10.1. The Morgan fingerprint density at radius 2 is 1.95 bits per heavy atom. The molecule has 104 valence electrons. The fourth-order valence-corrected chi connectivity index (χ4v) is 1.48. The number of anilines is 1. The van der Waals surface area contributed by atoms with Gasteiger partial charge in [-0.05, 0) is 18.1 Å². The average molecular weight is 264 g/mol. The number of esters is 1. The van der Waals surface area contributed by atoms with E-state index in [1.165, 1.54) is 7.11 Å². The van der Waals surface area contributed by atoms with Crippen molar-refractivity contribution < 1.29 is 14.3 Å². The van der Waals surface area contributed by atoms with Crippen LogP contribution in [0.3, 0.4) is 0 Å². The molecular weight excluding hydrogens is 244 g/mol. The number of ether oxygens (including phenoxy) is 1. The summed E-state index contributed by atoms with van der Waals surface area (Å²) in [4.78, 5) is 23.1.